The highest BCUT2D eigenvalue weighted by molar-refractivity contribution is 5.71. The van der Waals surface area contributed by atoms with Gasteiger partial charge in [-0.15, -0.1) is 0 Å². The first-order valence-electron chi connectivity index (χ1n) is 8.18. The van der Waals surface area contributed by atoms with Crippen LogP contribution in [-0.2, 0) is 16.1 Å². The maximum Gasteiger partial charge on any atom is 0.309 e. The van der Waals surface area contributed by atoms with Crippen molar-refractivity contribution in [2.24, 2.45) is 0 Å². The Balaban J connectivity index is 1.78. The van der Waals surface area contributed by atoms with Crippen LogP contribution in [0.3, 0.4) is 0 Å². The fourth-order valence-electron chi connectivity index (χ4n) is 2.93. The average molecular weight is 326 g/mol. The molecule has 1 fully saturated rings. The summed E-state index contributed by atoms with van der Waals surface area (Å²) in [6.45, 7) is 4.69. The average Bonchev–Trinajstić information content (AvgIpc) is 2.83. The highest BCUT2D eigenvalue weighted by Gasteiger charge is 2.25. The second kappa shape index (κ2) is 7.01. The van der Waals surface area contributed by atoms with E-state index in [-0.39, 0.29) is 18.5 Å². The molecule has 1 aromatic heterocycles. The Morgan fingerprint density at radius 3 is 2.79 bits per heavy atom. The molecule has 0 radical (unpaired) electrons. The number of aliphatic hydroxyl groups excluding tert-OH is 1. The molecule has 3 rings (SSSR count). The molecule has 2 aromatic rings. The molecule has 2 unspecified atom stereocenters. The van der Waals surface area contributed by atoms with Crippen molar-refractivity contribution in [3.8, 4) is 11.4 Å². The van der Waals surface area contributed by atoms with Gasteiger partial charge in [-0.25, -0.2) is 4.98 Å². The molecule has 0 spiro atoms. The van der Waals surface area contributed by atoms with Gasteiger partial charge in [-0.05, 0) is 19.9 Å². The zero-order chi connectivity index (χ0) is 17.1. The largest absolute Gasteiger partial charge is 0.458 e. The number of hydrogen-bond acceptors (Lipinski definition) is 4. The number of allylic oxidation sites excluding steroid dienone is 1. The fraction of sp³-hybridized carbons (Fsp3) is 0.368. The smallest absolute Gasteiger partial charge is 0.309 e. The molecule has 0 saturated carbocycles. The summed E-state index contributed by atoms with van der Waals surface area (Å²) in [5.41, 5.74) is 3.18. The molecule has 2 atom stereocenters. The van der Waals surface area contributed by atoms with Crippen molar-refractivity contribution in [1.82, 2.24) is 9.55 Å². The van der Waals surface area contributed by atoms with Crippen molar-refractivity contribution in [2.75, 3.05) is 0 Å². The summed E-state index contributed by atoms with van der Waals surface area (Å²) in [6, 6.07) is 10.1. The van der Waals surface area contributed by atoms with Crippen LogP contribution < -0.4 is 0 Å². The van der Waals surface area contributed by atoms with Gasteiger partial charge >= 0.3 is 5.97 Å². The summed E-state index contributed by atoms with van der Waals surface area (Å²) in [6.07, 6.45) is 3.39. The zero-order valence-electron chi connectivity index (χ0n) is 14.0. The van der Waals surface area contributed by atoms with Gasteiger partial charge in [0, 0.05) is 24.2 Å². The van der Waals surface area contributed by atoms with E-state index in [9.17, 15) is 9.90 Å². The monoisotopic (exact) mass is 326 g/mol. The first-order valence-corrected chi connectivity index (χ1v) is 8.18. The van der Waals surface area contributed by atoms with E-state index in [1.54, 1.807) is 0 Å². The first kappa shape index (κ1) is 16.5. The second-order valence-corrected chi connectivity index (χ2v) is 6.13. The molecule has 1 aliphatic heterocycles. The second-order valence-electron chi connectivity index (χ2n) is 6.13. The predicted molar refractivity (Wildman–Crippen MR) is 91.4 cm³/mol. The number of ether oxygens (including phenoxy) is 1. The molecule has 1 N–H and O–H groups in total. The Morgan fingerprint density at radius 2 is 2.08 bits per heavy atom. The number of imidazole rings is 1. The van der Waals surface area contributed by atoms with Gasteiger partial charge in [0.1, 0.15) is 11.9 Å². The molecule has 0 aliphatic carbocycles. The number of carbonyl (C=O) groups is 1. The van der Waals surface area contributed by atoms with E-state index in [0.29, 0.717) is 13.0 Å². The summed E-state index contributed by atoms with van der Waals surface area (Å²) in [7, 11) is 0. The van der Waals surface area contributed by atoms with Crippen molar-refractivity contribution in [3.05, 3.63) is 53.9 Å². The molecule has 0 amide bonds. The molecule has 1 saturated heterocycles. The molecule has 0 bridgehead atoms. The Hall–Kier alpha value is -2.40. The summed E-state index contributed by atoms with van der Waals surface area (Å²) < 4.78 is 7.38. The van der Waals surface area contributed by atoms with Gasteiger partial charge in [-0.2, -0.15) is 0 Å². The number of aromatic nitrogens is 2. The number of rotatable bonds is 4. The summed E-state index contributed by atoms with van der Waals surface area (Å²) in [5, 5.41) is 9.66. The number of nitrogens with zero attached hydrogens (tertiary/aromatic N) is 2. The van der Waals surface area contributed by atoms with Crippen LogP contribution in [0.15, 0.2) is 42.5 Å². The number of hydrogen-bond donors (Lipinski definition) is 1. The topological polar surface area (TPSA) is 64.3 Å². The molecule has 1 aliphatic rings. The summed E-state index contributed by atoms with van der Waals surface area (Å²) >= 11 is 0. The molecule has 2 heterocycles. The summed E-state index contributed by atoms with van der Waals surface area (Å²) in [5.74, 6) is 0.582. The molecule has 1 aromatic carbocycles. The Labute approximate surface area is 141 Å². The van der Waals surface area contributed by atoms with Crippen molar-refractivity contribution < 1.29 is 14.6 Å². The molecule has 5 heteroatoms. The van der Waals surface area contributed by atoms with Crippen LogP contribution in [0.1, 0.15) is 24.2 Å². The highest BCUT2D eigenvalue weighted by atomic mass is 16.5. The SMILES string of the molecule is Cc1nc(-c2ccccc2)n(C/C=C/C2CC(O)CC(=O)O2)c1C. The number of aryl methyl sites for hydroxylation is 1. The van der Waals surface area contributed by atoms with E-state index in [1.165, 1.54) is 0 Å². The minimum Gasteiger partial charge on any atom is -0.458 e. The van der Waals surface area contributed by atoms with Crippen LogP contribution in [-0.4, -0.2) is 32.8 Å². The Kier molecular flexibility index (Phi) is 4.81. The Bertz CT molecular complexity index is 749. The van der Waals surface area contributed by atoms with Crippen LogP contribution in [0.5, 0.6) is 0 Å². The van der Waals surface area contributed by atoms with E-state index < -0.39 is 6.10 Å². The van der Waals surface area contributed by atoms with E-state index in [0.717, 1.165) is 22.8 Å². The number of benzene rings is 1. The van der Waals surface area contributed by atoms with Gasteiger partial charge in [0.25, 0.3) is 0 Å². The third-order valence-corrected chi connectivity index (χ3v) is 4.32. The van der Waals surface area contributed by atoms with Crippen LogP contribution in [0.25, 0.3) is 11.4 Å². The van der Waals surface area contributed by atoms with Crippen molar-refractivity contribution in [2.45, 2.75) is 45.4 Å². The first-order chi connectivity index (χ1) is 11.5. The predicted octanol–water partition coefficient (Wildman–Crippen LogP) is 2.79. The maximum atomic E-state index is 11.4. The van der Waals surface area contributed by atoms with Gasteiger partial charge in [0.15, 0.2) is 0 Å². The lowest BCUT2D eigenvalue weighted by Crippen LogP contribution is -2.31. The third kappa shape index (κ3) is 3.57. The van der Waals surface area contributed by atoms with Gasteiger partial charge in [-0.3, -0.25) is 4.79 Å². The van der Waals surface area contributed by atoms with Crippen LogP contribution >= 0.6 is 0 Å². The van der Waals surface area contributed by atoms with Crippen molar-refractivity contribution in [1.29, 1.82) is 0 Å². The fourth-order valence-corrected chi connectivity index (χ4v) is 2.93. The number of cyclic esters (lactones) is 1. The normalized spacial score (nSPS) is 21.2. The van der Waals surface area contributed by atoms with Crippen molar-refractivity contribution in [3.63, 3.8) is 0 Å². The molecular formula is C19H22N2O3. The van der Waals surface area contributed by atoms with Gasteiger partial charge in [0.05, 0.1) is 18.2 Å². The standard InChI is InChI=1S/C19H22N2O3/c1-13-14(2)21(19(20-13)15-7-4-3-5-8-15)10-6-9-17-11-16(22)12-18(23)24-17/h3-9,16-17,22H,10-12H2,1-2H3/b9-6+. The molecule has 126 valence electrons. The number of esters is 1. The lowest BCUT2D eigenvalue weighted by atomic mass is 10.1. The van der Waals surface area contributed by atoms with Gasteiger partial charge < -0.3 is 14.4 Å². The van der Waals surface area contributed by atoms with Gasteiger partial charge in [0.2, 0.25) is 0 Å². The van der Waals surface area contributed by atoms with Crippen LogP contribution in [0.4, 0.5) is 0 Å². The third-order valence-electron chi connectivity index (χ3n) is 4.32. The Morgan fingerprint density at radius 1 is 1.33 bits per heavy atom. The number of aliphatic hydroxyl groups is 1. The van der Waals surface area contributed by atoms with Crippen molar-refractivity contribution >= 4 is 5.97 Å². The van der Waals surface area contributed by atoms with E-state index in [4.69, 9.17) is 4.74 Å². The molecule has 5 nitrogen and oxygen atoms in total. The lowest BCUT2D eigenvalue weighted by Gasteiger charge is -2.23. The van der Waals surface area contributed by atoms with Gasteiger partial charge in [-0.1, -0.05) is 36.4 Å². The van der Waals surface area contributed by atoms with E-state index in [1.807, 2.05) is 56.3 Å². The van der Waals surface area contributed by atoms with E-state index >= 15 is 0 Å². The minimum absolute atomic E-state index is 0.0856. The van der Waals surface area contributed by atoms with Crippen LogP contribution in [0, 0.1) is 13.8 Å². The molecular weight excluding hydrogens is 304 g/mol. The quantitative estimate of drug-likeness (QED) is 0.693. The maximum absolute atomic E-state index is 11.4. The molecule has 24 heavy (non-hydrogen) atoms. The minimum atomic E-state index is -0.613. The number of carbonyl (C=O) groups excluding carboxylic acids is 1. The zero-order valence-corrected chi connectivity index (χ0v) is 14.0. The lowest BCUT2D eigenvalue weighted by molar-refractivity contribution is -0.156. The highest BCUT2D eigenvalue weighted by Crippen LogP contribution is 2.22. The van der Waals surface area contributed by atoms with Crippen LogP contribution in [0.2, 0.25) is 0 Å². The summed E-state index contributed by atoms with van der Waals surface area (Å²) in [4.78, 5) is 16.1. The van der Waals surface area contributed by atoms with E-state index in [2.05, 4.69) is 9.55 Å².